The van der Waals surface area contributed by atoms with Crippen LogP contribution >= 0.6 is 0 Å². The molecule has 0 aliphatic carbocycles. The number of rotatable bonds is 5. The van der Waals surface area contributed by atoms with E-state index in [1.54, 1.807) is 6.20 Å². The highest BCUT2D eigenvalue weighted by Crippen LogP contribution is 2.30. The Morgan fingerprint density at radius 3 is 2.63 bits per heavy atom. The van der Waals surface area contributed by atoms with Crippen LogP contribution in [-0.4, -0.2) is 45.4 Å². The van der Waals surface area contributed by atoms with Gasteiger partial charge in [0.05, 0.1) is 11.9 Å². The number of aryl methyl sites for hydroxylation is 1. The zero-order chi connectivity index (χ0) is 21.3. The van der Waals surface area contributed by atoms with E-state index >= 15 is 0 Å². The van der Waals surface area contributed by atoms with Gasteiger partial charge in [-0.15, -0.1) is 0 Å². The molecule has 0 unspecified atom stereocenters. The lowest BCUT2D eigenvalue weighted by Gasteiger charge is -2.34. The summed E-state index contributed by atoms with van der Waals surface area (Å²) in [5.74, 6) is 0.247. The van der Waals surface area contributed by atoms with E-state index < -0.39 is 11.6 Å². The van der Waals surface area contributed by atoms with Gasteiger partial charge in [0, 0.05) is 38.0 Å². The quantitative estimate of drug-likeness (QED) is 0.679. The van der Waals surface area contributed by atoms with Gasteiger partial charge in [-0.25, -0.2) is 18.7 Å². The molecule has 0 saturated carbocycles. The van der Waals surface area contributed by atoms with Crippen LogP contribution in [0.2, 0.25) is 0 Å². The predicted molar refractivity (Wildman–Crippen MR) is 111 cm³/mol. The number of anilines is 2. The van der Waals surface area contributed by atoms with E-state index in [1.165, 1.54) is 12.1 Å². The maximum Gasteiger partial charge on any atom is 0.172 e. The molecule has 1 aliphatic heterocycles. The van der Waals surface area contributed by atoms with Gasteiger partial charge in [-0.3, -0.25) is 0 Å². The maximum atomic E-state index is 13.9. The van der Waals surface area contributed by atoms with Crippen molar-refractivity contribution in [2.24, 2.45) is 0 Å². The molecule has 1 aliphatic rings. The summed E-state index contributed by atoms with van der Waals surface area (Å²) in [4.78, 5) is 11.7. The largest absolute Gasteiger partial charge is 0.487 e. The van der Waals surface area contributed by atoms with Crippen molar-refractivity contribution in [3.8, 4) is 5.75 Å². The third-order valence-corrected chi connectivity index (χ3v) is 4.99. The Morgan fingerprint density at radius 1 is 1.17 bits per heavy atom. The van der Waals surface area contributed by atoms with E-state index in [1.807, 2.05) is 20.8 Å². The SMILES string of the molecule is Cc1nncc2nc(N3CCC(Oc4ccc(F)cc4F)CC3)c(NC(C)C)nc12. The van der Waals surface area contributed by atoms with Crippen molar-refractivity contribution in [1.29, 1.82) is 0 Å². The molecule has 9 heteroatoms. The molecule has 0 spiro atoms. The van der Waals surface area contributed by atoms with Gasteiger partial charge < -0.3 is 15.0 Å². The average Bonchev–Trinajstić information content (AvgIpc) is 2.70. The minimum Gasteiger partial charge on any atom is -0.487 e. The minimum absolute atomic E-state index is 0.0801. The number of piperidine rings is 1. The summed E-state index contributed by atoms with van der Waals surface area (Å²) in [6.45, 7) is 7.31. The first-order chi connectivity index (χ1) is 14.4. The zero-order valence-corrected chi connectivity index (χ0v) is 17.2. The number of hydrogen-bond donors (Lipinski definition) is 1. The van der Waals surface area contributed by atoms with E-state index in [4.69, 9.17) is 14.7 Å². The highest BCUT2D eigenvalue weighted by molar-refractivity contribution is 5.81. The molecular weight excluding hydrogens is 390 g/mol. The second-order valence-corrected chi connectivity index (χ2v) is 7.74. The monoisotopic (exact) mass is 414 g/mol. The van der Waals surface area contributed by atoms with E-state index in [0.29, 0.717) is 37.3 Å². The molecule has 3 aromatic rings. The maximum absolute atomic E-state index is 13.9. The molecule has 3 heterocycles. The smallest absolute Gasteiger partial charge is 0.172 e. The number of benzene rings is 1. The molecule has 0 amide bonds. The molecule has 7 nitrogen and oxygen atoms in total. The van der Waals surface area contributed by atoms with E-state index in [2.05, 4.69) is 20.4 Å². The number of hydrogen-bond acceptors (Lipinski definition) is 7. The van der Waals surface area contributed by atoms with E-state index in [9.17, 15) is 8.78 Å². The van der Waals surface area contributed by atoms with Crippen LogP contribution < -0.4 is 15.0 Å². The predicted octanol–water partition coefficient (Wildman–Crippen LogP) is 3.87. The van der Waals surface area contributed by atoms with Gasteiger partial charge in [0.1, 0.15) is 23.0 Å². The molecule has 30 heavy (non-hydrogen) atoms. The summed E-state index contributed by atoms with van der Waals surface area (Å²) in [5, 5.41) is 11.4. The lowest BCUT2D eigenvalue weighted by Crippen LogP contribution is -2.39. The molecule has 1 aromatic carbocycles. The van der Waals surface area contributed by atoms with Crippen molar-refractivity contribution >= 4 is 22.7 Å². The summed E-state index contributed by atoms with van der Waals surface area (Å²) >= 11 is 0. The van der Waals surface area contributed by atoms with Gasteiger partial charge in [-0.05, 0) is 32.9 Å². The number of nitrogens with one attached hydrogen (secondary N) is 1. The lowest BCUT2D eigenvalue weighted by molar-refractivity contribution is 0.163. The Kier molecular flexibility index (Phi) is 5.61. The zero-order valence-electron chi connectivity index (χ0n) is 17.2. The third-order valence-electron chi connectivity index (χ3n) is 4.99. The van der Waals surface area contributed by atoms with Crippen LogP contribution in [-0.2, 0) is 0 Å². The molecule has 4 rings (SSSR count). The minimum atomic E-state index is -0.683. The number of halogens is 2. The first-order valence-corrected chi connectivity index (χ1v) is 10.0. The normalized spacial score (nSPS) is 15.1. The Bertz CT molecular complexity index is 1050. The fourth-order valence-electron chi connectivity index (χ4n) is 3.54. The molecule has 0 atom stereocenters. The second kappa shape index (κ2) is 8.33. The second-order valence-electron chi connectivity index (χ2n) is 7.74. The first-order valence-electron chi connectivity index (χ1n) is 10.0. The average molecular weight is 414 g/mol. The van der Waals surface area contributed by atoms with Gasteiger partial charge in [0.25, 0.3) is 0 Å². The Balaban J connectivity index is 1.53. The molecule has 1 saturated heterocycles. The Hall–Kier alpha value is -3.10. The number of fused-ring (bicyclic) bond motifs is 1. The number of ether oxygens (including phenoxy) is 1. The van der Waals surface area contributed by atoms with Crippen LogP contribution in [0.25, 0.3) is 11.0 Å². The highest BCUT2D eigenvalue weighted by atomic mass is 19.1. The summed E-state index contributed by atoms with van der Waals surface area (Å²) in [7, 11) is 0. The van der Waals surface area contributed by atoms with Crippen LogP contribution in [0.15, 0.2) is 24.4 Å². The molecule has 0 bridgehead atoms. The fourth-order valence-corrected chi connectivity index (χ4v) is 3.54. The topological polar surface area (TPSA) is 76.1 Å². The van der Waals surface area contributed by atoms with Crippen molar-refractivity contribution in [2.75, 3.05) is 23.3 Å². The van der Waals surface area contributed by atoms with Gasteiger partial charge in [-0.2, -0.15) is 10.2 Å². The van der Waals surface area contributed by atoms with Gasteiger partial charge >= 0.3 is 0 Å². The molecule has 1 fully saturated rings. The molecule has 2 aromatic heterocycles. The summed E-state index contributed by atoms with van der Waals surface area (Å²) in [6.07, 6.45) is 2.84. The fraction of sp³-hybridized carbons (Fsp3) is 0.429. The van der Waals surface area contributed by atoms with Crippen molar-refractivity contribution < 1.29 is 13.5 Å². The number of nitrogens with zero attached hydrogens (tertiary/aromatic N) is 5. The summed E-state index contributed by atoms with van der Waals surface area (Å²) in [5.41, 5.74) is 2.15. The number of aromatic nitrogens is 4. The van der Waals surface area contributed by atoms with Crippen molar-refractivity contribution in [3.63, 3.8) is 0 Å². The van der Waals surface area contributed by atoms with Gasteiger partial charge in [-0.1, -0.05) is 0 Å². The highest BCUT2D eigenvalue weighted by Gasteiger charge is 2.25. The molecule has 0 radical (unpaired) electrons. The van der Waals surface area contributed by atoms with Crippen LogP contribution in [0.4, 0.5) is 20.4 Å². The first kappa shape index (κ1) is 20.2. The van der Waals surface area contributed by atoms with Crippen LogP contribution in [0, 0.1) is 18.6 Å². The molecular formula is C21H24F2N6O. The summed E-state index contributed by atoms with van der Waals surface area (Å²) in [6, 6.07) is 3.56. The van der Waals surface area contributed by atoms with Crippen molar-refractivity contribution in [2.45, 2.75) is 45.8 Å². The molecule has 1 N–H and O–H groups in total. The summed E-state index contributed by atoms with van der Waals surface area (Å²) < 4.78 is 32.8. The molecule has 158 valence electrons. The van der Waals surface area contributed by atoms with Crippen molar-refractivity contribution in [3.05, 3.63) is 41.7 Å². The Labute approximate surface area is 173 Å². The van der Waals surface area contributed by atoms with Crippen LogP contribution in [0.1, 0.15) is 32.4 Å². The standard InChI is InChI=1S/C21H24F2N6O/c1-12(2)25-20-21(26-17-11-24-28-13(3)19(17)27-20)29-8-6-15(7-9-29)30-18-5-4-14(22)10-16(18)23/h4-5,10-12,15H,6-9H2,1-3H3,(H,25,27). The van der Waals surface area contributed by atoms with Gasteiger partial charge in [0.2, 0.25) is 0 Å². The van der Waals surface area contributed by atoms with E-state index in [0.717, 1.165) is 23.1 Å². The van der Waals surface area contributed by atoms with E-state index in [-0.39, 0.29) is 17.9 Å². The van der Waals surface area contributed by atoms with Crippen LogP contribution in [0.5, 0.6) is 5.75 Å². The van der Waals surface area contributed by atoms with Gasteiger partial charge in [0.15, 0.2) is 23.2 Å². The van der Waals surface area contributed by atoms with Crippen molar-refractivity contribution in [1.82, 2.24) is 20.2 Å². The Morgan fingerprint density at radius 2 is 1.93 bits per heavy atom. The van der Waals surface area contributed by atoms with Crippen LogP contribution in [0.3, 0.4) is 0 Å². The third kappa shape index (κ3) is 4.24. The lowest BCUT2D eigenvalue weighted by atomic mass is 10.1.